The predicted molar refractivity (Wildman–Crippen MR) is 85.7 cm³/mol. The van der Waals surface area contributed by atoms with Crippen LogP contribution in [-0.4, -0.2) is 58.7 Å². The topological polar surface area (TPSA) is 113 Å². The highest BCUT2D eigenvalue weighted by Crippen LogP contribution is 2.34. The van der Waals surface area contributed by atoms with Gasteiger partial charge in [-0.3, -0.25) is 14.4 Å². The molecule has 8 nitrogen and oxygen atoms in total. The zero-order valence-electron chi connectivity index (χ0n) is 14.0. The lowest BCUT2D eigenvalue weighted by molar-refractivity contribution is -0.156. The zero-order valence-corrected chi connectivity index (χ0v) is 14.0. The van der Waals surface area contributed by atoms with Gasteiger partial charge in [0.15, 0.2) is 0 Å². The Labute approximate surface area is 139 Å². The van der Waals surface area contributed by atoms with E-state index in [0.717, 1.165) is 0 Å². The van der Waals surface area contributed by atoms with E-state index in [4.69, 9.17) is 4.74 Å². The number of carbonyl (C=O) groups is 2. The summed E-state index contributed by atoms with van der Waals surface area (Å²) in [6.45, 7) is 2.63. The number of methoxy groups -OCH3 is 1. The van der Waals surface area contributed by atoms with Crippen LogP contribution in [-0.2, 0) is 20.7 Å². The number of aromatic amines is 1. The van der Waals surface area contributed by atoms with Crippen molar-refractivity contribution in [1.82, 2.24) is 14.9 Å². The number of H-pyrrole nitrogens is 1. The van der Waals surface area contributed by atoms with Crippen molar-refractivity contribution in [3.05, 3.63) is 27.9 Å². The number of aryl methyl sites for hydroxylation is 1. The monoisotopic (exact) mass is 337 g/mol. The predicted octanol–water partition coefficient (Wildman–Crippen LogP) is 0.351. The lowest BCUT2D eigenvalue weighted by Crippen LogP contribution is -2.51. The van der Waals surface area contributed by atoms with E-state index in [2.05, 4.69) is 9.97 Å². The number of carbonyl (C=O) groups excluding carboxylic acids is 1. The van der Waals surface area contributed by atoms with Gasteiger partial charge in [-0.25, -0.2) is 4.98 Å². The van der Waals surface area contributed by atoms with E-state index >= 15 is 0 Å². The molecule has 132 valence electrons. The average molecular weight is 337 g/mol. The Morgan fingerprint density at radius 1 is 1.50 bits per heavy atom. The van der Waals surface area contributed by atoms with Crippen LogP contribution in [0, 0.1) is 12.3 Å². The van der Waals surface area contributed by atoms with E-state index in [0.29, 0.717) is 38.2 Å². The minimum atomic E-state index is -0.984. The van der Waals surface area contributed by atoms with Crippen molar-refractivity contribution in [3.8, 4) is 0 Å². The number of likely N-dealkylation sites (tertiary alicyclic amines) is 1. The van der Waals surface area contributed by atoms with Crippen LogP contribution in [0.2, 0.25) is 0 Å². The van der Waals surface area contributed by atoms with Gasteiger partial charge in [0.2, 0.25) is 5.91 Å². The Morgan fingerprint density at radius 3 is 2.88 bits per heavy atom. The fourth-order valence-electron chi connectivity index (χ4n) is 3.04. The third kappa shape index (κ3) is 4.00. The second-order valence-corrected chi connectivity index (χ2v) is 6.25. The van der Waals surface area contributed by atoms with E-state index in [9.17, 15) is 19.5 Å². The number of hydrogen-bond acceptors (Lipinski definition) is 5. The highest BCUT2D eigenvalue weighted by molar-refractivity contribution is 5.81. The van der Waals surface area contributed by atoms with Crippen molar-refractivity contribution in [2.75, 3.05) is 26.8 Å². The maximum atomic E-state index is 12.5. The van der Waals surface area contributed by atoms with Crippen LogP contribution in [0.4, 0.5) is 0 Å². The maximum absolute atomic E-state index is 12.5. The Morgan fingerprint density at radius 2 is 2.25 bits per heavy atom. The molecule has 1 aliphatic heterocycles. The fraction of sp³-hybridized carbons (Fsp3) is 0.625. The van der Waals surface area contributed by atoms with Gasteiger partial charge in [0.05, 0.1) is 11.8 Å². The van der Waals surface area contributed by atoms with Crippen LogP contribution in [0.25, 0.3) is 0 Å². The fourth-order valence-corrected chi connectivity index (χ4v) is 3.04. The molecule has 1 aromatic rings. The van der Waals surface area contributed by atoms with Crippen LogP contribution in [0.1, 0.15) is 30.7 Å². The molecule has 0 aliphatic carbocycles. The molecule has 0 saturated carbocycles. The van der Waals surface area contributed by atoms with E-state index < -0.39 is 11.4 Å². The van der Waals surface area contributed by atoms with Gasteiger partial charge in [0.1, 0.15) is 5.82 Å². The molecule has 1 fully saturated rings. The molecule has 1 saturated heterocycles. The molecule has 2 rings (SSSR count). The molecule has 1 atom stereocenters. The number of hydrogen-bond donors (Lipinski definition) is 2. The summed E-state index contributed by atoms with van der Waals surface area (Å²) in [5.74, 6) is -0.681. The summed E-state index contributed by atoms with van der Waals surface area (Å²) in [4.78, 5) is 44.2. The maximum Gasteiger partial charge on any atom is 0.311 e. The minimum absolute atomic E-state index is 0.0808. The highest BCUT2D eigenvalue weighted by atomic mass is 16.5. The molecule has 1 aliphatic rings. The first-order valence-corrected chi connectivity index (χ1v) is 7.93. The molecule has 0 aromatic carbocycles. The number of rotatable bonds is 6. The summed E-state index contributed by atoms with van der Waals surface area (Å²) in [6.07, 6.45) is 2.80. The molecule has 8 heteroatoms. The van der Waals surface area contributed by atoms with Crippen molar-refractivity contribution in [2.24, 2.45) is 5.41 Å². The van der Waals surface area contributed by atoms with Crippen molar-refractivity contribution in [2.45, 2.75) is 32.6 Å². The van der Waals surface area contributed by atoms with Crippen molar-refractivity contribution < 1.29 is 19.4 Å². The summed E-state index contributed by atoms with van der Waals surface area (Å²) in [6, 6.07) is 0. The van der Waals surface area contributed by atoms with Gasteiger partial charge in [-0.2, -0.15) is 0 Å². The SMILES string of the molecule is COCC[C@]1(C(=O)O)CCCN(C(=O)Cc2cnc(C)[nH]c2=O)C1. The van der Waals surface area contributed by atoms with Crippen molar-refractivity contribution >= 4 is 11.9 Å². The van der Waals surface area contributed by atoms with Gasteiger partial charge in [-0.15, -0.1) is 0 Å². The van der Waals surface area contributed by atoms with E-state index in [-0.39, 0.29) is 30.0 Å². The molecule has 1 aromatic heterocycles. The van der Waals surface area contributed by atoms with Crippen LogP contribution in [0.3, 0.4) is 0 Å². The van der Waals surface area contributed by atoms with Crippen molar-refractivity contribution in [3.63, 3.8) is 0 Å². The molecule has 1 amide bonds. The summed E-state index contributed by atoms with van der Waals surface area (Å²) in [5.41, 5.74) is -1.03. The van der Waals surface area contributed by atoms with Crippen LogP contribution < -0.4 is 5.56 Å². The van der Waals surface area contributed by atoms with E-state index in [1.54, 1.807) is 6.92 Å². The number of carboxylic acids is 1. The molecular weight excluding hydrogens is 314 g/mol. The summed E-state index contributed by atoms with van der Waals surface area (Å²) >= 11 is 0. The van der Waals surface area contributed by atoms with E-state index in [1.165, 1.54) is 18.2 Å². The van der Waals surface area contributed by atoms with Crippen LogP contribution in [0.15, 0.2) is 11.0 Å². The van der Waals surface area contributed by atoms with Gasteiger partial charge < -0.3 is 19.7 Å². The first kappa shape index (κ1) is 18.1. The second-order valence-electron chi connectivity index (χ2n) is 6.25. The highest BCUT2D eigenvalue weighted by Gasteiger charge is 2.43. The van der Waals surface area contributed by atoms with Crippen molar-refractivity contribution in [1.29, 1.82) is 0 Å². The smallest absolute Gasteiger partial charge is 0.311 e. The van der Waals surface area contributed by atoms with Gasteiger partial charge >= 0.3 is 5.97 Å². The summed E-state index contributed by atoms with van der Waals surface area (Å²) in [7, 11) is 1.53. The van der Waals surface area contributed by atoms with Crippen LogP contribution >= 0.6 is 0 Å². The van der Waals surface area contributed by atoms with Gasteiger partial charge in [0.25, 0.3) is 5.56 Å². The number of piperidine rings is 1. The Hall–Kier alpha value is -2.22. The molecule has 0 bridgehead atoms. The number of nitrogens with zero attached hydrogens (tertiary/aromatic N) is 2. The number of aliphatic carboxylic acids is 1. The van der Waals surface area contributed by atoms with E-state index in [1.807, 2.05) is 0 Å². The van der Waals surface area contributed by atoms with Crippen LogP contribution in [0.5, 0.6) is 0 Å². The molecule has 0 unspecified atom stereocenters. The third-order valence-electron chi connectivity index (χ3n) is 4.51. The Bertz CT molecular complexity index is 672. The lowest BCUT2D eigenvalue weighted by atomic mass is 9.77. The van der Waals surface area contributed by atoms with Gasteiger partial charge in [0, 0.05) is 38.6 Å². The normalized spacial score (nSPS) is 20.8. The molecular formula is C16H23N3O5. The molecule has 2 heterocycles. The molecule has 0 radical (unpaired) electrons. The number of aromatic nitrogens is 2. The van der Waals surface area contributed by atoms with Gasteiger partial charge in [-0.1, -0.05) is 0 Å². The first-order chi connectivity index (χ1) is 11.4. The molecule has 24 heavy (non-hydrogen) atoms. The molecule has 0 spiro atoms. The standard InChI is InChI=1S/C16H23N3O5/c1-11-17-9-12(14(21)18-11)8-13(20)19-6-3-4-16(10-19,15(22)23)5-7-24-2/h9H,3-8,10H2,1-2H3,(H,22,23)(H,17,18,21)/t16-/m1/s1. The second kappa shape index (κ2) is 7.57. The lowest BCUT2D eigenvalue weighted by Gasteiger charge is -2.40. The summed E-state index contributed by atoms with van der Waals surface area (Å²) < 4.78 is 5.02. The van der Waals surface area contributed by atoms with Gasteiger partial charge in [-0.05, 0) is 26.2 Å². The minimum Gasteiger partial charge on any atom is -0.481 e. The number of amides is 1. The largest absolute Gasteiger partial charge is 0.481 e. The Kier molecular flexibility index (Phi) is 5.71. The number of carboxylic acid groups (broad SMARTS) is 1. The quantitative estimate of drug-likeness (QED) is 0.774. The number of nitrogens with one attached hydrogen (secondary N) is 1. The summed E-state index contributed by atoms with van der Waals surface area (Å²) in [5, 5.41) is 9.62. The number of ether oxygens (including phenoxy) is 1. The zero-order chi connectivity index (χ0) is 17.7. The average Bonchev–Trinajstić information content (AvgIpc) is 2.55. The first-order valence-electron chi connectivity index (χ1n) is 7.93. The Balaban J connectivity index is 2.11. The third-order valence-corrected chi connectivity index (χ3v) is 4.51. The molecule has 2 N–H and O–H groups in total.